The lowest BCUT2D eigenvalue weighted by Gasteiger charge is -2.10. The van der Waals surface area contributed by atoms with Crippen LogP contribution in [0.5, 0.6) is 0 Å². The normalized spacial score (nSPS) is 10.2. The average Bonchev–Trinajstić information content (AvgIpc) is 2.28. The fraction of sp³-hybridized carbons (Fsp3) is 0.364. The molecule has 98 valence electrons. The van der Waals surface area contributed by atoms with Crippen molar-refractivity contribution in [3.63, 3.8) is 0 Å². The van der Waals surface area contributed by atoms with Crippen LogP contribution in [-0.4, -0.2) is 46.9 Å². The van der Waals surface area contributed by atoms with Gasteiger partial charge in [0, 0.05) is 41.9 Å². The molecule has 1 rings (SSSR count). The highest BCUT2D eigenvalue weighted by molar-refractivity contribution is 14.1. The second-order valence-electron chi connectivity index (χ2n) is 3.89. The van der Waals surface area contributed by atoms with E-state index in [0.29, 0.717) is 17.9 Å². The van der Waals surface area contributed by atoms with Crippen molar-refractivity contribution in [1.29, 1.82) is 0 Å². The second-order valence-corrected chi connectivity index (χ2v) is 4.87. The summed E-state index contributed by atoms with van der Waals surface area (Å²) in [7, 11) is 3.88. The van der Waals surface area contributed by atoms with Crippen molar-refractivity contribution in [1.82, 2.24) is 15.2 Å². The highest BCUT2D eigenvalue weighted by Gasteiger charge is 2.06. The minimum Gasteiger partial charge on any atom is -0.351 e. The van der Waals surface area contributed by atoms with Crippen molar-refractivity contribution in [2.45, 2.75) is 0 Å². The fourth-order valence-corrected chi connectivity index (χ4v) is 1.47. The molecule has 0 fully saturated rings. The Kier molecular flexibility index (Phi) is 5.99. The molecule has 18 heavy (non-hydrogen) atoms. The topological polar surface area (TPSA) is 74.3 Å². The Balaban J connectivity index is 2.51. The quantitative estimate of drug-likeness (QED) is 0.471. The molecule has 7 heteroatoms. The summed E-state index contributed by atoms with van der Waals surface area (Å²) in [5.41, 5.74) is 0.472. The number of likely N-dealkylation sites (N-methyl/N-ethyl adjacent to an activating group) is 1. The molecule has 0 spiro atoms. The highest BCUT2D eigenvalue weighted by Crippen LogP contribution is 2.06. The van der Waals surface area contributed by atoms with Crippen molar-refractivity contribution in [2.24, 2.45) is 0 Å². The molecular weight excluding hydrogens is 347 g/mol. The number of carbonyl (C=O) groups excluding carboxylic acids is 2. The SMILES string of the molecule is CN(C)CCNC(=O)c1ccc(NC(=O)I)nc1. The molecule has 1 heterocycles. The molecule has 0 aliphatic rings. The van der Waals surface area contributed by atoms with Crippen molar-refractivity contribution in [2.75, 3.05) is 32.5 Å². The summed E-state index contributed by atoms with van der Waals surface area (Å²) in [6, 6.07) is 3.22. The third-order valence-corrected chi connectivity index (χ3v) is 2.37. The number of anilines is 1. The van der Waals surface area contributed by atoms with Crippen LogP contribution in [0.4, 0.5) is 10.6 Å². The summed E-state index contributed by atoms with van der Waals surface area (Å²) in [5, 5.41) is 5.31. The first kappa shape index (κ1) is 14.8. The number of amides is 2. The molecule has 0 saturated carbocycles. The van der Waals surface area contributed by atoms with Gasteiger partial charge in [0.05, 0.1) is 5.56 Å². The molecule has 2 amide bonds. The van der Waals surface area contributed by atoms with Crippen LogP contribution in [0.15, 0.2) is 18.3 Å². The van der Waals surface area contributed by atoms with Gasteiger partial charge in [-0.3, -0.25) is 9.59 Å². The number of nitrogens with one attached hydrogen (secondary N) is 2. The van der Waals surface area contributed by atoms with Gasteiger partial charge in [-0.05, 0) is 26.2 Å². The zero-order chi connectivity index (χ0) is 13.5. The number of hydrogen-bond donors (Lipinski definition) is 2. The van der Waals surface area contributed by atoms with Crippen LogP contribution in [0, 0.1) is 0 Å². The molecule has 0 radical (unpaired) electrons. The lowest BCUT2D eigenvalue weighted by Crippen LogP contribution is -2.31. The number of hydrogen-bond acceptors (Lipinski definition) is 4. The third-order valence-electron chi connectivity index (χ3n) is 2.10. The van der Waals surface area contributed by atoms with E-state index in [2.05, 4.69) is 15.6 Å². The Hall–Kier alpha value is -1.22. The Bertz CT molecular complexity index is 420. The van der Waals surface area contributed by atoms with E-state index in [1.54, 1.807) is 34.7 Å². The Morgan fingerprint density at radius 1 is 1.39 bits per heavy atom. The molecule has 0 bridgehead atoms. The summed E-state index contributed by atoms with van der Waals surface area (Å²) in [5.74, 6) is 0.260. The minimum absolute atomic E-state index is 0.170. The van der Waals surface area contributed by atoms with Gasteiger partial charge in [0.15, 0.2) is 0 Å². The Labute approximate surface area is 119 Å². The van der Waals surface area contributed by atoms with Crippen LogP contribution in [0.1, 0.15) is 10.4 Å². The van der Waals surface area contributed by atoms with Crippen molar-refractivity contribution < 1.29 is 9.59 Å². The van der Waals surface area contributed by atoms with Gasteiger partial charge in [-0.1, -0.05) is 0 Å². The zero-order valence-electron chi connectivity index (χ0n) is 10.2. The molecule has 0 aromatic carbocycles. The number of nitrogens with zero attached hydrogens (tertiary/aromatic N) is 2. The van der Waals surface area contributed by atoms with Crippen molar-refractivity contribution >= 4 is 38.2 Å². The summed E-state index contributed by atoms with van der Waals surface area (Å²) >= 11 is 1.62. The predicted molar refractivity (Wildman–Crippen MR) is 78.2 cm³/mol. The van der Waals surface area contributed by atoms with Gasteiger partial charge in [-0.2, -0.15) is 0 Å². The maximum absolute atomic E-state index is 11.7. The van der Waals surface area contributed by atoms with Crippen molar-refractivity contribution in [3.05, 3.63) is 23.9 Å². The van der Waals surface area contributed by atoms with Gasteiger partial charge in [-0.15, -0.1) is 0 Å². The maximum atomic E-state index is 11.7. The van der Waals surface area contributed by atoms with E-state index in [-0.39, 0.29) is 9.82 Å². The molecule has 0 saturated heterocycles. The van der Waals surface area contributed by atoms with Crippen LogP contribution in [0.3, 0.4) is 0 Å². The summed E-state index contributed by atoms with van der Waals surface area (Å²) < 4.78 is -0.219. The summed E-state index contributed by atoms with van der Waals surface area (Å²) in [6.07, 6.45) is 1.44. The number of carbonyl (C=O) groups is 2. The maximum Gasteiger partial charge on any atom is 0.286 e. The van der Waals surface area contributed by atoms with Gasteiger partial charge in [0.25, 0.3) is 9.82 Å². The van der Waals surface area contributed by atoms with E-state index in [1.807, 2.05) is 19.0 Å². The zero-order valence-corrected chi connectivity index (χ0v) is 12.4. The Morgan fingerprint density at radius 2 is 2.11 bits per heavy atom. The second kappa shape index (κ2) is 7.27. The monoisotopic (exact) mass is 362 g/mol. The largest absolute Gasteiger partial charge is 0.351 e. The lowest BCUT2D eigenvalue weighted by molar-refractivity contribution is 0.0950. The van der Waals surface area contributed by atoms with Gasteiger partial charge in [0.1, 0.15) is 5.82 Å². The average molecular weight is 362 g/mol. The molecule has 0 atom stereocenters. The molecule has 1 aromatic rings. The number of aromatic nitrogens is 1. The van der Waals surface area contributed by atoms with Gasteiger partial charge >= 0.3 is 0 Å². The number of halogens is 1. The van der Waals surface area contributed by atoms with Crippen LogP contribution in [0.2, 0.25) is 0 Å². The van der Waals surface area contributed by atoms with Gasteiger partial charge < -0.3 is 15.5 Å². The first-order valence-electron chi connectivity index (χ1n) is 5.34. The number of rotatable bonds is 5. The van der Waals surface area contributed by atoms with Crippen LogP contribution in [-0.2, 0) is 0 Å². The minimum atomic E-state index is -0.219. The predicted octanol–water partition coefficient (Wildman–Crippen LogP) is 1.34. The first-order chi connectivity index (χ1) is 8.49. The molecule has 6 nitrogen and oxygen atoms in total. The Morgan fingerprint density at radius 3 is 2.61 bits per heavy atom. The molecule has 2 N–H and O–H groups in total. The molecule has 0 aliphatic heterocycles. The molecular formula is C11H15IN4O2. The van der Waals surface area contributed by atoms with Crippen LogP contribution < -0.4 is 10.6 Å². The molecule has 1 aromatic heterocycles. The van der Waals surface area contributed by atoms with E-state index in [0.717, 1.165) is 6.54 Å². The van der Waals surface area contributed by atoms with Crippen LogP contribution >= 0.6 is 22.6 Å². The van der Waals surface area contributed by atoms with Gasteiger partial charge in [-0.25, -0.2) is 4.98 Å². The lowest BCUT2D eigenvalue weighted by atomic mass is 10.2. The van der Waals surface area contributed by atoms with Crippen LogP contribution in [0.25, 0.3) is 0 Å². The summed E-state index contributed by atoms with van der Waals surface area (Å²) in [4.78, 5) is 28.4. The van der Waals surface area contributed by atoms with Crippen molar-refractivity contribution in [3.8, 4) is 0 Å². The smallest absolute Gasteiger partial charge is 0.286 e. The standard InChI is InChI=1S/C11H15IN4O2/c1-16(2)6-5-13-10(17)8-3-4-9(14-7-8)15-11(12)18/h3-4,7H,5-6H2,1-2H3,(H,13,17)(H,14,15,18). The fourth-order valence-electron chi connectivity index (χ4n) is 1.20. The third kappa shape index (κ3) is 5.41. The van der Waals surface area contributed by atoms with E-state index < -0.39 is 0 Å². The first-order valence-corrected chi connectivity index (χ1v) is 6.42. The van der Waals surface area contributed by atoms with E-state index in [1.165, 1.54) is 6.20 Å². The van der Waals surface area contributed by atoms with Gasteiger partial charge in [0.2, 0.25) is 0 Å². The molecule has 0 unspecified atom stereocenters. The number of pyridine rings is 1. The van der Waals surface area contributed by atoms with E-state index in [9.17, 15) is 9.59 Å². The highest BCUT2D eigenvalue weighted by atomic mass is 127. The molecule has 0 aliphatic carbocycles. The van der Waals surface area contributed by atoms with E-state index >= 15 is 0 Å². The summed E-state index contributed by atoms with van der Waals surface area (Å²) in [6.45, 7) is 1.36. The van der Waals surface area contributed by atoms with E-state index in [4.69, 9.17) is 0 Å².